The molecule has 194 valence electrons. The fraction of sp³-hybridized carbons (Fsp3) is 0.862. The Morgan fingerprint density at radius 3 is 2.49 bits per heavy atom. The molecule has 0 bridgehead atoms. The summed E-state index contributed by atoms with van der Waals surface area (Å²) in [5.74, 6) is 0.168. The zero-order valence-corrected chi connectivity index (χ0v) is 21.3. The van der Waals surface area contributed by atoms with E-state index in [1.807, 2.05) is 0 Å². The average Bonchev–Trinajstić information content (AvgIpc) is 3.38. The predicted molar refractivity (Wildman–Crippen MR) is 133 cm³/mol. The lowest BCUT2D eigenvalue weighted by Gasteiger charge is -2.65. The van der Waals surface area contributed by atoms with Gasteiger partial charge in [0.2, 0.25) is 0 Å². The van der Waals surface area contributed by atoms with Crippen LogP contribution in [0.2, 0.25) is 0 Å². The van der Waals surface area contributed by atoms with Crippen LogP contribution in [0.4, 0.5) is 0 Å². The van der Waals surface area contributed by atoms with Crippen LogP contribution < -0.4 is 0 Å². The van der Waals surface area contributed by atoms with Crippen molar-refractivity contribution in [2.24, 2.45) is 33.6 Å². The molecular weight excluding hydrogens is 442 g/mol. The second-order valence-electron chi connectivity index (χ2n) is 13.1. The number of aliphatic hydroxyl groups excluding tert-OH is 1. The molecule has 3 N–H and O–H groups in total. The van der Waals surface area contributed by atoms with E-state index in [0.717, 1.165) is 56.9 Å². The molecule has 0 aromatic carbocycles. The number of carbonyl (C=O) groups is 1. The van der Waals surface area contributed by atoms with Gasteiger partial charge in [0, 0.05) is 35.6 Å². The molecule has 1 aliphatic heterocycles. The second kappa shape index (κ2) is 8.39. The maximum absolute atomic E-state index is 12.5. The van der Waals surface area contributed by atoms with E-state index in [1.165, 1.54) is 19.3 Å². The maximum atomic E-state index is 12.5. The Bertz CT molecular complexity index is 926. The van der Waals surface area contributed by atoms with Crippen molar-refractivity contribution in [1.82, 2.24) is 0 Å². The Balaban J connectivity index is 1.36. The first-order valence-electron chi connectivity index (χ1n) is 14.3. The summed E-state index contributed by atoms with van der Waals surface area (Å²) in [4.78, 5) is 17.0. The molecule has 0 aromatic heterocycles. The van der Waals surface area contributed by atoms with Crippen molar-refractivity contribution in [3.8, 4) is 0 Å². The smallest absolute Gasteiger partial charge is 0.331 e. The molecule has 0 saturated heterocycles. The zero-order chi connectivity index (χ0) is 24.5. The summed E-state index contributed by atoms with van der Waals surface area (Å²) in [6.45, 7) is 2.59. The van der Waals surface area contributed by atoms with E-state index >= 15 is 0 Å². The van der Waals surface area contributed by atoms with E-state index in [4.69, 9.17) is 9.73 Å². The van der Waals surface area contributed by atoms with Crippen molar-refractivity contribution in [1.29, 1.82) is 0 Å². The molecule has 6 rings (SSSR count). The zero-order valence-electron chi connectivity index (χ0n) is 21.3. The topological polar surface area (TPSA) is 99.4 Å². The number of aliphatic imine (C=N–C) groups is 1. The van der Waals surface area contributed by atoms with E-state index in [0.29, 0.717) is 31.9 Å². The lowest BCUT2D eigenvalue weighted by molar-refractivity contribution is -0.237. The molecule has 5 fully saturated rings. The third-order valence-electron chi connectivity index (χ3n) is 11.7. The van der Waals surface area contributed by atoms with Gasteiger partial charge < -0.3 is 20.1 Å². The van der Waals surface area contributed by atoms with Crippen molar-refractivity contribution in [2.75, 3.05) is 6.61 Å². The number of hydrogen-bond acceptors (Lipinski definition) is 6. The van der Waals surface area contributed by atoms with Crippen LogP contribution in [0.3, 0.4) is 0 Å². The molecule has 1 heterocycles. The van der Waals surface area contributed by atoms with Gasteiger partial charge in [-0.3, -0.25) is 4.99 Å². The number of cyclic esters (lactones) is 1. The first-order valence-corrected chi connectivity index (χ1v) is 14.3. The number of carbonyl (C=O) groups excluding carboxylic acids is 1. The van der Waals surface area contributed by atoms with Crippen LogP contribution in [-0.2, 0) is 9.53 Å². The molecule has 0 spiro atoms. The van der Waals surface area contributed by atoms with Gasteiger partial charge in [0.25, 0.3) is 0 Å². The average molecular weight is 486 g/mol. The third kappa shape index (κ3) is 3.45. The van der Waals surface area contributed by atoms with Crippen LogP contribution in [0, 0.1) is 28.6 Å². The van der Waals surface area contributed by atoms with E-state index in [1.54, 1.807) is 6.08 Å². The Morgan fingerprint density at radius 2 is 1.74 bits per heavy atom. The highest BCUT2D eigenvalue weighted by atomic mass is 16.5. The molecule has 5 aliphatic carbocycles. The summed E-state index contributed by atoms with van der Waals surface area (Å²) in [6, 6.07) is 0.342. The molecule has 6 nitrogen and oxygen atoms in total. The Hall–Kier alpha value is -1.24. The minimum Gasteiger partial charge on any atom is -0.458 e. The van der Waals surface area contributed by atoms with Gasteiger partial charge in [0.05, 0.1) is 17.3 Å². The standard InChI is InChI=1S/C29H43NO5/c1-26-11-8-23-24(29(26,34)14-10-22(26)19-15-25(32)35-17-19)9-13-28(33)16-21(31)7-12-27(23,28)18-30-20-5-3-2-4-6-20/h15,18,20-24,31,33-34H,2-14,16-17H2,1H3/t21-,22?,23-,24-,26?,27?,28?,29?/m0/s1. The van der Waals surface area contributed by atoms with Crippen LogP contribution in [0.5, 0.6) is 0 Å². The molecule has 0 radical (unpaired) electrons. The Kier molecular flexibility index (Phi) is 5.78. The van der Waals surface area contributed by atoms with Crippen LogP contribution >= 0.6 is 0 Å². The molecule has 6 aliphatic rings. The van der Waals surface area contributed by atoms with Gasteiger partial charge in [-0.15, -0.1) is 0 Å². The fourth-order valence-electron chi connectivity index (χ4n) is 9.83. The normalized spacial score (nSPS) is 50.4. The van der Waals surface area contributed by atoms with Crippen molar-refractivity contribution >= 4 is 12.2 Å². The quantitative estimate of drug-likeness (QED) is 0.413. The lowest BCUT2D eigenvalue weighted by atomic mass is 9.41. The fourth-order valence-corrected chi connectivity index (χ4v) is 9.83. The van der Waals surface area contributed by atoms with Gasteiger partial charge >= 0.3 is 5.97 Å². The van der Waals surface area contributed by atoms with Crippen molar-refractivity contribution in [3.05, 3.63) is 11.6 Å². The molecule has 6 heteroatoms. The summed E-state index contributed by atoms with van der Waals surface area (Å²) >= 11 is 0. The van der Waals surface area contributed by atoms with Crippen LogP contribution in [0.15, 0.2) is 16.6 Å². The van der Waals surface area contributed by atoms with E-state index in [2.05, 4.69) is 13.1 Å². The summed E-state index contributed by atoms with van der Waals surface area (Å²) in [6.07, 6.45) is 16.0. The summed E-state index contributed by atoms with van der Waals surface area (Å²) in [7, 11) is 0. The van der Waals surface area contributed by atoms with Crippen LogP contribution in [0.1, 0.15) is 96.8 Å². The van der Waals surface area contributed by atoms with E-state index in [9.17, 15) is 20.1 Å². The largest absolute Gasteiger partial charge is 0.458 e. The first kappa shape index (κ1) is 24.1. The molecule has 35 heavy (non-hydrogen) atoms. The SMILES string of the molecule is CC12CC[C@H]3[C@H](CCC4(O)C[C@@H](O)CCC34C=NC3CCCCC3)C1(O)CCC2C1=CC(=O)OC1. The number of esters is 1. The molecule has 8 atom stereocenters. The van der Waals surface area contributed by atoms with Gasteiger partial charge in [-0.05, 0) is 87.5 Å². The Labute approximate surface area is 209 Å². The molecule has 0 amide bonds. The summed E-state index contributed by atoms with van der Waals surface area (Å²) in [5, 5.41) is 35.2. The van der Waals surface area contributed by atoms with Gasteiger partial charge in [0.15, 0.2) is 0 Å². The minimum absolute atomic E-state index is 0.0956. The number of nitrogens with zero attached hydrogens (tertiary/aromatic N) is 1. The van der Waals surface area contributed by atoms with Gasteiger partial charge in [-0.2, -0.15) is 0 Å². The van der Waals surface area contributed by atoms with E-state index < -0.39 is 22.7 Å². The second-order valence-corrected chi connectivity index (χ2v) is 13.1. The number of fused-ring (bicyclic) bond motifs is 5. The van der Waals surface area contributed by atoms with E-state index in [-0.39, 0.29) is 29.1 Å². The highest BCUT2D eigenvalue weighted by molar-refractivity contribution is 5.85. The summed E-state index contributed by atoms with van der Waals surface area (Å²) < 4.78 is 5.25. The first-order chi connectivity index (χ1) is 16.7. The molecular formula is C29H43NO5. The van der Waals surface area contributed by atoms with Crippen molar-refractivity contribution in [3.63, 3.8) is 0 Å². The predicted octanol–water partition coefficient (Wildman–Crippen LogP) is 4.10. The third-order valence-corrected chi connectivity index (χ3v) is 11.7. The van der Waals surface area contributed by atoms with Crippen LogP contribution in [-0.4, -0.2) is 57.5 Å². The number of hydrogen-bond donors (Lipinski definition) is 3. The highest BCUT2D eigenvalue weighted by Gasteiger charge is 2.71. The van der Waals surface area contributed by atoms with Gasteiger partial charge in [-0.25, -0.2) is 4.79 Å². The number of ether oxygens (including phenoxy) is 1. The number of rotatable bonds is 3. The molecule has 0 aromatic rings. The van der Waals surface area contributed by atoms with Crippen LogP contribution in [0.25, 0.3) is 0 Å². The summed E-state index contributed by atoms with van der Waals surface area (Å²) in [5.41, 5.74) is -1.50. The monoisotopic (exact) mass is 485 g/mol. The number of aliphatic hydroxyl groups is 3. The van der Waals surface area contributed by atoms with Gasteiger partial charge in [-0.1, -0.05) is 26.2 Å². The molecule has 5 saturated carbocycles. The lowest BCUT2D eigenvalue weighted by Crippen LogP contribution is -2.68. The highest BCUT2D eigenvalue weighted by Crippen LogP contribution is 2.70. The van der Waals surface area contributed by atoms with Crippen molar-refractivity contribution in [2.45, 2.75) is 120 Å². The Morgan fingerprint density at radius 1 is 0.971 bits per heavy atom. The van der Waals surface area contributed by atoms with Gasteiger partial charge in [0.1, 0.15) is 6.61 Å². The minimum atomic E-state index is -0.958. The maximum Gasteiger partial charge on any atom is 0.331 e. The molecule has 5 unspecified atom stereocenters. The van der Waals surface area contributed by atoms with Crippen molar-refractivity contribution < 1.29 is 24.9 Å².